The first-order chi connectivity index (χ1) is 18.4. The Morgan fingerprint density at radius 2 is 1.69 bits per heavy atom. The number of piperidine rings is 1. The van der Waals surface area contributed by atoms with Crippen LogP contribution >= 0.6 is 0 Å². The van der Waals surface area contributed by atoms with Gasteiger partial charge in [0.1, 0.15) is 6.33 Å². The van der Waals surface area contributed by atoms with Gasteiger partial charge >= 0.3 is 6.18 Å². The summed E-state index contributed by atoms with van der Waals surface area (Å²) in [5.74, 6) is 0.0136. The van der Waals surface area contributed by atoms with Crippen molar-refractivity contribution >= 4 is 5.91 Å². The number of nitrogens with zero attached hydrogens (tertiary/aromatic N) is 5. The van der Waals surface area contributed by atoms with Gasteiger partial charge in [0.05, 0.1) is 35.2 Å². The summed E-state index contributed by atoms with van der Waals surface area (Å²) >= 11 is 0. The number of amides is 1. The topological polar surface area (TPSA) is 61.8 Å². The van der Waals surface area contributed by atoms with Crippen molar-refractivity contribution in [3.8, 4) is 0 Å². The predicted molar refractivity (Wildman–Crippen MR) is 141 cm³/mol. The van der Waals surface area contributed by atoms with Crippen LogP contribution < -0.4 is 0 Å². The maximum absolute atomic E-state index is 13.3. The molecule has 0 saturated carbocycles. The van der Waals surface area contributed by atoms with Crippen molar-refractivity contribution in [1.82, 2.24) is 24.7 Å². The number of hydrogen-bond donors (Lipinski definition) is 0. The second kappa shape index (κ2) is 10.1. The number of piperazine rings is 1. The number of aryl methyl sites for hydroxylation is 2. The Bertz CT molecular complexity index is 1190. The smallest absolute Gasteiger partial charge is 0.383 e. The highest BCUT2D eigenvalue weighted by Gasteiger charge is 2.64. The molecule has 0 radical (unpaired) electrons. The Balaban J connectivity index is 1.28. The molecule has 5 rings (SSSR count). The van der Waals surface area contributed by atoms with Gasteiger partial charge in [-0.25, -0.2) is 9.97 Å². The van der Waals surface area contributed by atoms with Gasteiger partial charge in [0.15, 0.2) is 0 Å². The Morgan fingerprint density at radius 1 is 1.08 bits per heavy atom. The fourth-order valence-electron chi connectivity index (χ4n) is 7.43. The van der Waals surface area contributed by atoms with Crippen LogP contribution in [0.2, 0.25) is 0 Å². The average molecular weight is 546 g/mol. The first kappa shape index (κ1) is 28.0. The lowest BCUT2D eigenvalue weighted by molar-refractivity contribution is -0.217. The summed E-state index contributed by atoms with van der Waals surface area (Å²) in [5, 5.41) is 0. The lowest BCUT2D eigenvalue weighted by Crippen LogP contribution is -2.82. The standard InChI is InChI=1S/C29H38F3N5O2/c1-19-25(20(2)34-18-33-19)26(38)35-12-10-28(11-13-35)17-27(4)21(3)36(14-15-37(27)28)24(16-39-5)22-6-8-23(9-7-22)29(30,31)32/h6-9,18,21,24H,10-17H2,1-5H3/t21-,24-,27-/m0/s1. The zero-order chi connectivity index (χ0) is 28.2. The minimum absolute atomic E-state index is 0.0136. The summed E-state index contributed by atoms with van der Waals surface area (Å²) in [6.45, 7) is 11.7. The number of ether oxygens (including phenoxy) is 1. The first-order valence-electron chi connectivity index (χ1n) is 13.7. The molecule has 3 fully saturated rings. The number of rotatable bonds is 5. The molecule has 3 aliphatic heterocycles. The van der Waals surface area contributed by atoms with E-state index < -0.39 is 11.7 Å². The molecule has 0 bridgehead atoms. The normalized spacial score (nSPS) is 26.3. The number of likely N-dealkylation sites (tertiary alicyclic amines) is 1. The third-order valence-corrected chi connectivity index (χ3v) is 9.62. The Hall–Kier alpha value is -2.56. The van der Waals surface area contributed by atoms with Gasteiger partial charge < -0.3 is 9.64 Å². The van der Waals surface area contributed by atoms with E-state index in [0.29, 0.717) is 36.6 Å². The minimum Gasteiger partial charge on any atom is -0.383 e. The molecule has 212 valence electrons. The number of methoxy groups -OCH3 is 1. The average Bonchev–Trinajstić information content (AvgIpc) is 2.89. The number of alkyl halides is 3. The first-order valence-corrected chi connectivity index (χ1v) is 13.7. The molecular formula is C29H38F3N5O2. The predicted octanol–water partition coefficient (Wildman–Crippen LogP) is 4.64. The highest BCUT2D eigenvalue weighted by atomic mass is 19.4. The number of benzene rings is 1. The quantitative estimate of drug-likeness (QED) is 0.546. The van der Waals surface area contributed by atoms with Gasteiger partial charge in [0, 0.05) is 50.4 Å². The molecule has 2 aromatic rings. The monoisotopic (exact) mass is 545 g/mol. The number of aromatic nitrogens is 2. The number of fused-ring (bicyclic) bond motifs is 2. The molecule has 4 heterocycles. The van der Waals surface area contributed by atoms with Gasteiger partial charge in [-0.1, -0.05) is 12.1 Å². The Morgan fingerprint density at radius 3 is 2.26 bits per heavy atom. The van der Waals surface area contributed by atoms with Crippen LogP contribution in [0.1, 0.15) is 72.0 Å². The van der Waals surface area contributed by atoms with E-state index in [1.54, 1.807) is 19.2 Å². The Kier molecular flexibility index (Phi) is 7.26. The molecule has 3 saturated heterocycles. The summed E-state index contributed by atoms with van der Waals surface area (Å²) < 4.78 is 44.9. The van der Waals surface area contributed by atoms with Crippen LogP contribution in [0.15, 0.2) is 30.6 Å². The van der Waals surface area contributed by atoms with E-state index >= 15 is 0 Å². The fourth-order valence-corrected chi connectivity index (χ4v) is 7.43. The van der Waals surface area contributed by atoms with E-state index in [4.69, 9.17) is 4.74 Å². The lowest BCUT2D eigenvalue weighted by atomic mass is 9.61. The van der Waals surface area contributed by atoms with Gasteiger partial charge in [-0.15, -0.1) is 0 Å². The van der Waals surface area contributed by atoms with Crippen LogP contribution in [-0.4, -0.2) is 87.6 Å². The van der Waals surface area contributed by atoms with Gasteiger partial charge in [0.25, 0.3) is 5.91 Å². The van der Waals surface area contributed by atoms with Crippen LogP contribution in [0, 0.1) is 13.8 Å². The van der Waals surface area contributed by atoms with Gasteiger partial charge in [-0.3, -0.25) is 14.6 Å². The maximum Gasteiger partial charge on any atom is 0.416 e. The zero-order valence-corrected chi connectivity index (χ0v) is 23.4. The number of carbonyl (C=O) groups excluding carboxylic acids is 1. The second-order valence-electron chi connectivity index (χ2n) is 11.6. The van der Waals surface area contributed by atoms with Crippen molar-refractivity contribution < 1.29 is 22.7 Å². The molecule has 1 spiro atoms. The summed E-state index contributed by atoms with van der Waals surface area (Å²) in [6.07, 6.45) is 0.0193. The summed E-state index contributed by atoms with van der Waals surface area (Å²) in [5.41, 5.74) is 2.27. The number of halogens is 3. The number of hydrogen-bond acceptors (Lipinski definition) is 6. The fraction of sp³-hybridized carbons (Fsp3) is 0.621. The van der Waals surface area contributed by atoms with Crippen molar-refractivity contribution in [2.75, 3.05) is 39.9 Å². The van der Waals surface area contributed by atoms with Crippen molar-refractivity contribution in [1.29, 1.82) is 0 Å². The lowest BCUT2D eigenvalue weighted by Gasteiger charge is -2.72. The van der Waals surface area contributed by atoms with Crippen LogP contribution in [0.4, 0.5) is 13.2 Å². The van der Waals surface area contributed by atoms with Crippen LogP contribution in [0.5, 0.6) is 0 Å². The van der Waals surface area contributed by atoms with E-state index in [9.17, 15) is 18.0 Å². The SMILES string of the molecule is COC[C@@H](c1ccc(C(F)(F)F)cc1)N1CCN2C3(CCN(C(=O)c4c(C)ncnc4C)CC3)C[C@@]2(C)[C@@H]1C. The summed E-state index contributed by atoms with van der Waals surface area (Å²) in [6, 6.07) is 5.57. The van der Waals surface area contributed by atoms with Gasteiger partial charge in [0.2, 0.25) is 0 Å². The minimum atomic E-state index is -4.35. The van der Waals surface area contributed by atoms with E-state index in [-0.39, 0.29) is 29.1 Å². The van der Waals surface area contributed by atoms with Crippen molar-refractivity contribution in [3.63, 3.8) is 0 Å². The largest absolute Gasteiger partial charge is 0.416 e. The molecular weight excluding hydrogens is 507 g/mol. The van der Waals surface area contributed by atoms with Crippen LogP contribution in [0.25, 0.3) is 0 Å². The molecule has 3 atom stereocenters. The number of carbonyl (C=O) groups is 1. The van der Waals surface area contributed by atoms with Gasteiger partial charge in [-0.05, 0) is 64.7 Å². The molecule has 0 unspecified atom stereocenters. The molecule has 1 aromatic heterocycles. The molecule has 1 amide bonds. The van der Waals surface area contributed by atoms with E-state index in [2.05, 4.69) is 33.6 Å². The van der Waals surface area contributed by atoms with Crippen molar-refractivity contribution in [2.24, 2.45) is 0 Å². The molecule has 7 nitrogen and oxygen atoms in total. The molecule has 10 heteroatoms. The van der Waals surface area contributed by atoms with Crippen LogP contribution in [-0.2, 0) is 10.9 Å². The summed E-state index contributed by atoms with van der Waals surface area (Å²) in [4.78, 5) is 28.7. The van der Waals surface area contributed by atoms with Crippen LogP contribution in [0.3, 0.4) is 0 Å². The molecule has 0 aliphatic carbocycles. The third kappa shape index (κ3) is 4.74. The molecule has 1 aromatic carbocycles. The van der Waals surface area contributed by atoms with E-state index in [0.717, 1.165) is 37.9 Å². The highest BCUT2D eigenvalue weighted by Crippen LogP contribution is 2.55. The molecule has 3 aliphatic rings. The van der Waals surface area contributed by atoms with E-state index in [1.807, 2.05) is 18.7 Å². The maximum atomic E-state index is 13.3. The molecule has 0 N–H and O–H groups in total. The van der Waals surface area contributed by atoms with Gasteiger partial charge in [-0.2, -0.15) is 13.2 Å². The van der Waals surface area contributed by atoms with E-state index in [1.165, 1.54) is 18.5 Å². The second-order valence-corrected chi connectivity index (χ2v) is 11.6. The summed E-state index contributed by atoms with van der Waals surface area (Å²) in [7, 11) is 1.64. The molecule has 39 heavy (non-hydrogen) atoms. The van der Waals surface area contributed by atoms with Crippen molar-refractivity contribution in [3.05, 3.63) is 58.7 Å². The zero-order valence-electron chi connectivity index (χ0n) is 23.4. The third-order valence-electron chi connectivity index (χ3n) is 9.62. The Labute approximate surface area is 228 Å². The highest BCUT2D eigenvalue weighted by molar-refractivity contribution is 5.96. The van der Waals surface area contributed by atoms with Crippen molar-refractivity contribution in [2.45, 2.75) is 76.3 Å².